The van der Waals surface area contributed by atoms with E-state index in [0.29, 0.717) is 5.56 Å². The van der Waals surface area contributed by atoms with Gasteiger partial charge in [0.05, 0.1) is 7.11 Å². The summed E-state index contributed by atoms with van der Waals surface area (Å²) in [5, 5.41) is 0. The molecule has 0 saturated carbocycles. The molecule has 0 aromatic heterocycles. The number of rotatable bonds is 3. The van der Waals surface area contributed by atoms with Crippen molar-refractivity contribution in [2.45, 2.75) is 20.0 Å². The number of aryl methyl sites for hydroxylation is 1. The van der Waals surface area contributed by atoms with E-state index in [-0.39, 0.29) is 5.75 Å². The number of methoxy groups -OCH3 is 1. The lowest BCUT2D eigenvalue weighted by molar-refractivity contribution is -0.148. The van der Waals surface area contributed by atoms with E-state index >= 15 is 0 Å². The minimum atomic E-state index is -0.814. The van der Waals surface area contributed by atoms with Gasteiger partial charge in [0.15, 0.2) is 17.7 Å². The highest BCUT2D eigenvalue weighted by atomic mass is 19.1. The van der Waals surface area contributed by atoms with Crippen LogP contribution in [0.5, 0.6) is 5.75 Å². The van der Waals surface area contributed by atoms with Gasteiger partial charge in [0, 0.05) is 0 Å². The highest BCUT2D eigenvalue weighted by Gasteiger charge is 2.17. The van der Waals surface area contributed by atoms with E-state index in [1.807, 2.05) is 0 Å². The fraction of sp³-hybridized carbons (Fsp3) is 0.364. The maximum atomic E-state index is 13.5. The maximum absolute atomic E-state index is 13.5. The van der Waals surface area contributed by atoms with Gasteiger partial charge in [-0.25, -0.2) is 9.18 Å². The summed E-state index contributed by atoms with van der Waals surface area (Å²) >= 11 is 0. The second-order valence-corrected chi connectivity index (χ2v) is 3.17. The molecule has 0 heterocycles. The summed E-state index contributed by atoms with van der Waals surface area (Å²) in [4.78, 5) is 11.0. The molecule has 1 aromatic rings. The molecule has 3 nitrogen and oxygen atoms in total. The number of carbonyl (C=O) groups excluding carboxylic acids is 1. The Kier molecular flexibility index (Phi) is 3.66. The van der Waals surface area contributed by atoms with Crippen LogP contribution in [0.4, 0.5) is 4.39 Å². The summed E-state index contributed by atoms with van der Waals surface area (Å²) in [5.74, 6) is -0.919. The van der Waals surface area contributed by atoms with Crippen LogP contribution in [0.15, 0.2) is 18.2 Å². The van der Waals surface area contributed by atoms with Crippen molar-refractivity contribution >= 4 is 5.97 Å². The van der Waals surface area contributed by atoms with Gasteiger partial charge >= 0.3 is 5.97 Å². The zero-order chi connectivity index (χ0) is 11.4. The van der Waals surface area contributed by atoms with Gasteiger partial charge in [0.1, 0.15) is 0 Å². The molecule has 0 aliphatic carbocycles. The van der Waals surface area contributed by atoms with Gasteiger partial charge in [-0.2, -0.15) is 0 Å². The second-order valence-electron chi connectivity index (χ2n) is 3.17. The Labute approximate surface area is 87.8 Å². The lowest BCUT2D eigenvalue weighted by atomic mass is 10.2. The summed E-state index contributed by atoms with van der Waals surface area (Å²) in [7, 11) is 1.26. The third-order valence-corrected chi connectivity index (χ3v) is 1.99. The lowest BCUT2D eigenvalue weighted by Crippen LogP contribution is -2.25. The molecule has 0 amide bonds. The van der Waals surface area contributed by atoms with E-state index in [0.717, 1.165) is 0 Å². The van der Waals surface area contributed by atoms with Gasteiger partial charge in [-0.1, -0.05) is 12.1 Å². The fourth-order valence-corrected chi connectivity index (χ4v) is 1.12. The molecular formula is C11H13FO3. The van der Waals surface area contributed by atoms with Crippen LogP contribution in [-0.2, 0) is 9.53 Å². The molecule has 1 aromatic carbocycles. The molecule has 1 atom stereocenters. The first-order chi connectivity index (χ1) is 7.06. The lowest BCUT2D eigenvalue weighted by Gasteiger charge is -2.13. The first kappa shape index (κ1) is 11.5. The quantitative estimate of drug-likeness (QED) is 0.719. The summed E-state index contributed by atoms with van der Waals surface area (Å²) in [6.07, 6.45) is -0.814. The van der Waals surface area contributed by atoms with Crippen molar-refractivity contribution in [2.24, 2.45) is 0 Å². The van der Waals surface area contributed by atoms with Crippen LogP contribution in [0.1, 0.15) is 12.5 Å². The van der Waals surface area contributed by atoms with E-state index < -0.39 is 17.9 Å². The number of carbonyl (C=O) groups is 1. The molecular weight excluding hydrogens is 199 g/mol. The monoisotopic (exact) mass is 212 g/mol. The predicted octanol–water partition coefficient (Wildman–Crippen LogP) is 2.07. The van der Waals surface area contributed by atoms with E-state index in [4.69, 9.17) is 4.74 Å². The fourth-order valence-electron chi connectivity index (χ4n) is 1.12. The number of ether oxygens (including phenoxy) is 2. The molecule has 0 aliphatic rings. The van der Waals surface area contributed by atoms with Crippen LogP contribution in [0.25, 0.3) is 0 Å². The second kappa shape index (κ2) is 4.77. The van der Waals surface area contributed by atoms with Gasteiger partial charge in [-0.05, 0) is 25.5 Å². The molecule has 0 N–H and O–H groups in total. The Hall–Kier alpha value is -1.58. The van der Waals surface area contributed by atoms with E-state index in [2.05, 4.69) is 4.74 Å². The Morgan fingerprint density at radius 1 is 1.47 bits per heavy atom. The average Bonchev–Trinajstić information content (AvgIpc) is 2.23. The SMILES string of the molecule is COC(=O)[C@@H](C)Oc1cccc(C)c1F. The summed E-state index contributed by atoms with van der Waals surface area (Å²) in [6, 6.07) is 4.77. The van der Waals surface area contributed by atoms with E-state index in [1.165, 1.54) is 20.1 Å². The largest absolute Gasteiger partial charge is 0.476 e. The van der Waals surface area contributed by atoms with Gasteiger partial charge in [-0.15, -0.1) is 0 Å². The standard InChI is InChI=1S/C11H13FO3/c1-7-5-4-6-9(10(7)12)15-8(2)11(13)14-3/h4-6,8H,1-3H3/t8-/m1/s1. The van der Waals surface area contributed by atoms with Crippen LogP contribution in [-0.4, -0.2) is 19.2 Å². The number of hydrogen-bond acceptors (Lipinski definition) is 3. The number of hydrogen-bond donors (Lipinski definition) is 0. The zero-order valence-corrected chi connectivity index (χ0v) is 8.91. The maximum Gasteiger partial charge on any atom is 0.346 e. The van der Waals surface area contributed by atoms with Crippen molar-refractivity contribution in [3.8, 4) is 5.75 Å². The van der Waals surface area contributed by atoms with Gasteiger partial charge in [0.2, 0.25) is 0 Å². The van der Waals surface area contributed by atoms with Crippen molar-refractivity contribution in [1.82, 2.24) is 0 Å². The molecule has 0 fully saturated rings. The summed E-state index contributed by atoms with van der Waals surface area (Å²) in [5.41, 5.74) is 0.476. The predicted molar refractivity (Wildman–Crippen MR) is 53.2 cm³/mol. The van der Waals surface area contributed by atoms with Gasteiger partial charge in [0.25, 0.3) is 0 Å². The Morgan fingerprint density at radius 3 is 2.73 bits per heavy atom. The summed E-state index contributed by atoms with van der Waals surface area (Å²) < 4.78 is 23.0. The van der Waals surface area contributed by atoms with Gasteiger partial charge in [-0.3, -0.25) is 0 Å². The minimum absolute atomic E-state index is 0.0629. The molecule has 0 radical (unpaired) electrons. The number of benzene rings is 1. The van der Waals surface area contributed by atoms with Crippen molar-refractivity contribution in [1.29, 1.82) is 0 Å². The average molecular weight is 212 g/mol. The zero-order valence-electron chi connectivity index (χ0n) is 8.91. The Morgan fingerprint density at radius 2 is 2.13 bits per heavy atom. The third-order valence-electron chi connectivity index (χ3n) is 1.99. The molecule has 0 saturated heterocycles. The number of esters is 1. The molecule has 15 heavy (non-hydrogen) atoms. The van der Waals surface area contributed by atoms with E-state index in [1.54, 1.807) is 19.1 Å². The first-order valence-electron chi connectivity index (χ1n) is 4.56. The first-order valence-corrected chi connectivity index (χ1v) is 4.56. The molecule has 82 valence electrons. The van der Waals surface area contributed by atoms with Crippen molar-refractivity contribution < 1.29 is 18.7 Å². The van der Waals surface area contributed by atoms with Crippen LogP contribution in [0.3, 0.4) is 0 Å². The van der Waals surface area contributed by atoms with Crippen molar-refractivity contribution in [2.75, 3.05) is 7.11 Å². The Balaban J connectivity index is 2.81. The van der Waals surface area contributed by atoms with E-state index in [9.17, 15) is 9.18 Å². The molecule has 1 rings (SSSR count). The highest BCUT2D eigenvalue weighted by Crippen LogP contribution is 2.20. The van der Waals surface area contributed by atoms with Crippen LogP contribution in [0.2, 0.25) is 0 Å². The Bertz CT molecular complexity index is 363. The molecule has 0 unspecified atom stereocenters. The van der Waals surface area contributed by atoms with Crippen LogP contribution >= 0.6 is 0 Å². The molecule has 0 bridgehead atoms. The smallest absolute Gasteiger partial charge is 0.346 e. The normalized spacial score (nSPS) is 12.0. The topological polar surface area (TPSA) is 35.5 Å². The third kappa shape index (κ3) is 2.68. The minimum Gasteiger partial charge on any atom is -0.476 e. The molecule has 0 spiro atoms. The number of halogens is 1. The van der Waals surface area contributed by atoms with Gasteiger partial charge < -0.3 is 9.47 Å². The molecule has 4 heteroatoms. The molecule has 0 aliphatic heterocycles. The summed E-state index contributed by atoms with van der Waals surface area (Å²) in [6.45, 7) is 3.14. The highest BCUT2D eigenvalue weighted by molar-refractivity contribution is 5.74. The van der Waals surface area contributed by atoms with Crippen molar-refractivity contribution in [3.05, 3.63) is 29.6 Å². The van der Waals surface area contributed by atoms with Crippen molar-refractivity contribution in [3.63, 3.8) is 0 Å². The van der Waals surface area contributed by atoms with Crippen LogP contribution in [0, 0.1) is 12.7 Å². The van der Waals surface area contributed by atoms with Crippen LogP contribution < -0.4 is 4.74 Å².